The van der Waals surface area contributed by atoms with Gasteiger partial charge in [-0.3, -0.25) is 4.99 Å². The van der Waals surface area contributed by atoms with Crippen LogP contribution in [0.4, 0.5) is 0 Å². The molecular formula is C10H18N4S. The van der Waals surface area contributed by atoms with E-state index in [0.29, 0.717) is 0 Å². The van der Waals surface area contributed by atoms with Gasteiger partial charge in [-0.15, -0.1) is 11.3 Å². The van der Waals surface area contributed by atoms with Crippen LogP contribution in [-0.4, -0.2) is 37.0 Å². The third-order valence-corrected chi connectivity index (χ3v) is 3.18. The Morgan fingerprint density at radius 3 is 2.53 bits per heavy atom. The molecule has 0 bridgehead atoms. The van der Waals surface area contributed by atoms with Crippen LogP contribution >= 0.6 is 11.3 Å². The second kappa shape index (κ2) is 5.11. The van der Waals surface area contributed by atoms with Crippen molar-refractivity contribution in [3.8, 4) is 0 Å². The second-order valence-electron chi connectivity index (χ2n) is 3.54. The Bertz CT molecular complexity index is 335. The zero-order valence-corrected chi connectivity index (χ0v) is 10.8. The average molecular weight is 226 g/mol. The molecule has 0 atom stereocenters. The Labute approximate surface area is 95.1 Å². The summed E-state index contributed by atoms with van der Waals surface area (Å²) in [7, 11) is 5.71. The number of guanidine groups is 1. The zero-order chi connectivity index (χ0) is 11.4. The van der Waals surface area contributed by atoms with Crippen molar-refractivity contribution in [3.63, 3.8) is 0 Å². The molecular weight excluding hydrogens is 208 g/mol. The number of hydrogen-bond acceptors (Lipinski definition) is 3. The van der Waals surface area contributed by atoms with E-state index in [2.05, 4.69) is 22.2 Å². The van der Waals surface area contributed by atoms with Gasteiger partial charge >= 0.3 is 0 Å². The fourth-order valence-corrected chi connectivity index (χ4v) is 2.08. The van der Waals surface area contributed by atoms with Crippen molar-refractivity contribution in [1.82, 2.24) is 15.2 Å². The summed E-state index contributed by atoms with van der Waals surface area (Å²) in [5, 5.41) is 4.35. The van der Waals surface area contributed by atoms with Crippen molar-refractivity contribution in [1.29, 1.82) is 0 Å². The van der Waals surface area contributed by atoms with Gasteiger partial charge in [0.2, 0.25) is 0 Å². The van der Waals surface area contributed by atoms with Crippen LogP contribution < -0.4 is 5.32 Å². The molecule has 1 N–H and O–H groups in total. The van der Waals surface area contributed by atoms with E-state index >= 15 is 0 Å². The van der Waals surface area contributed by atoms with Gasteiger partial charge in [-0.1, -0.05) is 0 Å². The van der Waals surface area contributed by atoms with Gasteiger partial charge in [0, 0.05) is 26.0 Å². The van der Waals surface area contributed by atoms with Crippen LogP contribution in [0.1, 0.15) is 15.6 Å². The number of aryl methyl sites for hydroxylation is 2. The maximum Gasteiger partial charge on any atom is 0.193 e. The minimum absolute atomic E-state index is 0.740. The average Bonchev–Trinajstić information content (AvgIpc) is 2.47. The fourth-order valence-electron chi connectivity index (χ4n) is 1.21. The van der Waals surface area contributed by atoms with Crippen LogP contribution in [0.5, 0.6) is 0 Å². The summed E-state index contributed by atoms with van der Waals surface area (Å²) in [4.78, 5) is 11.8. The van der Waals surface area contributed by atoms with Crippen LogP contribution in [0, 0.1) is 13.8 Å². The van der Waals surface area contributed by atoms with Crippen molar-refractivity contribution in [2.45, 2.75) is 20.4 Å². The van der Waals surface area contributed by atoms with Gasteiger partial charge in [-0.25, -0.2) is 4.98 Å². The van der Waals surface area contributed by atoms with E-state index in [-0.39, 0.29) is 0 Å². The summed E-state index contributed by atoms with van der Waals surface area (Å²) < 4.78 is 0. The Morgan fingerprint density at radius 2 is 2.13 bits per heavy atom. The summed E-state index contributed by atoms with van der Waals surface area (Å²) in [6.45, 7) is 4.87. The Hall–Kier alpha value is -1.10. The summed E-state index contributed by atoms with van der Waals surface area (Å²) >= 11 is 1.73. The maximum atomic E-state index is 4.46. The molecule has 0 radical (unpaired) electrons. The summed E-state index contributed by atoms with van der Waals surface area (Å²) in [6, 6.07) is 0. The number of aliphatic imine (C=N–C) groups is 1. The lowest BCUT2D eigenvalue weighted by Gasteiger charge is -2.15. The van der Waals surface area contributed by atoms with E-state index in [1.54, 1.807) is 18.4 Å². The number of nitrogens with one attached hydrogen (secondary N) is 1. The molecule has 1 aromatic rings. The number of hydrogen-bond donors (Lipinski definition) is 1. The number of rotatable bonds is 2. The lowest BCUT2D eigenvalue weighted by atomic mass is 10.4. The van der Waals surface area contributed by atoms with Gasteiger partial charge in [-0.05, 0) is 13.8 Å². The smallest absolute Gasteiger partial charge is 0.193 e. The van der Waals surface area contributed by atoms with E-state index in [4.69, 9.17) is 0 Å². The fraction of sp³-hybridized carbons (Fsp3) is 0.600. The highest BCUT2D eigenvalue weighted by Crippen LogP contribution is 2.15. The minimum Gasteiger partial charge on any atom is -0.350 e. The topological polar surface area (TPSA) is 40.5 Å². The largest absolute Gasteiger partial charge is 0.350 e. The first-order valence-corrected chi connectivity index (χ1v) is 5.67. The predicted molar refractivity (Wildman–Crippen MR) is 65.5 cm³/mol. The van der Waals surface area contributed by atoms with Crippen molar-refractivity contribution >= 4 is 17.3 Å². The molecule has 0 amide bonds. The van der Waals surface area contributed by atoms with E-state index in [9.17, 15) is 0 Å². The molecule has 5 heteroatoms. The Kier molecular flexibility index (Phi) is 4.08. The van der Waals surface area contributed by atoms with Crippen molar-refractivity contribution in [2.24, 2.45) is 4.99 Å². The number of nitrogens with zero attached hydrogens (tertiary/aromatic N) is 3. The maximum absolute atomic E-state index is 4.46. The molecule has 4 nitrogen and oxygen atoms in total. The van der Waals surface area contributed by atoms with E-state index < -0.39 is 0 Å². The summed E-state index contributed by atoms with van der Waals surface area (Å²) in [5.41, 5.74) is 1.12. The predicted octanol–water partition coefficient (Wildman–Crippen LogP) is 1.40. The second-order valence-corrected chi connectivity index (χ2v) is 4.83. The molecule has 0 aliphatic rings. The van der Waals surface area contributed by atoms with Crippen LogP contribution in [0.25, 0.3) is 0 Å². The van der Waals surface area contributed by atoms with Crippen LogP contribution in [0.15, 0.2) is 4.99 Å². The molecule has 0 saturated heterocycles. The van der Waals surface area contributed by atoms with Gasteiger partial charge in [0.05, 0.1) is 12.2 Å². The molecule has 0 fully saturated rings. The lowest BCUT2D eigenvalue weighted by Crippen LogP contribution is -2.35. The van der Waals surface area contributed by atoms with Crippen molar-refractivity contribution in [2.75, 3.05) is 21.1 Å². The summed E-state index contributed by atoms with van der Waals surface area (Å²) in [5.74, 6) is 0.875. The molecule has 84 valence electrons. The number of aromatic nitrogens is 1. The number of thiazole rings is 1. The quantitative estimate of drug-likeness (QED) is 0.612. The molecule has 1 aromatic heterocycles. The first-order chi connectivity index (χ1) is 7.04. The first kappa shape index (κ1) is 12.0. The van der Waals surface area contributed by atoms with Crippen LogP contribution in [0.3, 0.4) is 0 Å². The SMILES string of the molecule is CN=C(NCc1nc(C)c(C)s1)N(C)C. The van der Waals surface area contributed by atoms with Gasteiger partial charge in [0.15, 0.2) is 5.96 Å². The highest BCUT2D eigenvalue weighted by molar-refractivity contribution is 7.11. The van der Waals surface area contributed by atoms with Gasteiger partial charge < -0.3 is 10.2 Å². The monoisotopic (exact) mass is 226 g/mol. The molecule has 1 heterocycles. The van der Waals surface area contributed by atoms with Crippen molar-refractivity contribution < 1.29 is 0 Å². The van der Waals surface area contributed by atoms with E-state index in [1.807, 2.05) is 25.9 Å². The molecule has 0 aromatic carbocycles. The molecule has 0 aliphatic heterocycles. The molecule has 1 rings (SSSR count). The molecule has 0 spiro atoms. The van der Waals surface area contributed by atoms with Gasteiger partial charge in [0.1, 0.15) is 5.01 Å². The Morgan fingerprint density at radius 1 is 1.47 bits per heavy atom. The van der Waals surface area contributed by atoms with Gasteiger partial charge in [-0.2, -0.15) is 0 Å². The Balaban J connectivity index is 2.57. The van der Waals surface area contributed by atoms with Crippen molar-refractivity contribution in [3.05, 3.63) is 15.6 Å². The molecule has 0 unspecified atom stereocenters. The third kappa shape index (κ3) is 3.20. The van der Waals surface area contributed by atoms with Crippen LogP contribution in [0.2, 0.25) is 0 Å². The molecule has 15 heavy (non-hydrogen) atoms. The summed E-state index contributed by atoms with van der Waals surface area (Å²) in [6.07, 6.45) is 0. The normalized spacial score (nSPS) is 11.7. The molecule has 0 saturated carbocycles. The highest BCUT2D eigenvalue weighted by Gasteiger charge is 2.05. The van der Waals surface area contributed by atoms with E-state index in [0.717, 1.165) is 23.2 Å². The molecule has 0 aliphatic carbocycles. The highest BCUT2D eigenvalue weighted by atomic mass is 32.1. The lowest BCUT2D eigenvalue weighted by molar-refractivity contribution is 0.582. The standard InChI is InChI=1S/C10H18N4S/c1-7-8(2)15-9(13-7)6-12-10(11-3)14(4)5/h6H2,1-5H3,(H,11,12). The van der Waals surface area contributed by atoms with Gasteiger partial charge in [0.25, 0.3) is 0 Å². The minimum atomic E-state index is 0.740. The zero-order valence-electron chi connectivity index (χ0n) is 9.96. The third-order valence-electron chi connectivity index (χ3n) is 2.11. The van der Waals surface area contributed by atoms with E-state index in [1.165, 1.54) is 4.88 Å². The first-order valence-electron chi connectivity index (χ1n) is 4.85. The van der Waals surface area contributed by atoms with Crippen LogP contribution in [-0.2, 0) is 6.54 Å².